The van der Waals surface area contributed by atoms with Crippen molar-refractivity contribution in [2.45, 2.75) is 30.2 Å². The van der Waals surface area contributed by atoms with E-state index in [9.17, 15) is 0 Å². The molecule has 0 spiro atoms. The molecule has 1 nitrogen and oxygen atoms in total. The van der Waals surface area contributed by atoms with E-state index in [0.717, 1.165) is 23.9 Å². The molecule has 0 bridgehead atoms. The molecule has 19 heavy (non-hydrogen) atoms. The Morgan fingerprint density at radius 3 is 2.58 bits per heavy atom. The summed E-state index contributed by atoms with van der Waals surface area (Å²) in [7, 11) is 0. The lowest BCUT2D eigenvalue weighted by Gasteiger charge is -2.30. The van der Waals surface area contributed by atoms with Gasteiger partial charge in [-0.25, -0.2) is 0 Å². The highest BCUT2D eigenvalue weighted by atomic mass is 79.9. The van der Waals surface area contributed by atoms with Gasteiger partial charge in [-0.05, 0) is 42.2 Å². The van der Waals surface area contributed by atoms with Gasteiger partial charge in [-0.2, -0.15) is 0 Å². The normalized spacial score (nSPS) is 24.8. The Balaban J connectivity index is 2.12. The van der Waals surface area contributed by atoms with E-state index in [1.807, 2.05) is 0 Å². The average Bonchev–Trinajstić information content (AvgIpc) is 2.87. The van der Waals surface area contributed by atoms with E-state index in [0.29, 0.717) is 0 Å². The van der Waals surface area contributed by atoms with Gasteiger partial charge >= 0.3 is 0 Å². The predicted octanol–water partition coefficient (Wildman–Crippen LogP) is 5.61. The lowest BCUT2D eigenvalue weighted by Crippen LogP contribution is -2.28. The van der Waals surface area contributed by atoms with Gasteiger partial charge in [-0.3, -0.25) is 0 Å². The molecule has 3 heteroatoms. The molecule has 1 saturated heterocycles. The van der Waals surface area contributed by atoms with Crippen LogP contribution < -0.4 is 0 Å². The summed E-state index contributed by atoms with van der Waals surface area (Å²) in [4.78, 5) is 0.223. The summed E-state index contributed by atoms with van der Waals surface area (Å²) in [6.45, 7) is 3.07. The van der Waals surface area contributed by atoms with Crippen molar-refractivity contribution in [2.24, 2.45) is 0 Å². The summed E-state index contributed by atoms with van der Waals surface area (Å²) in [5.41, 5.74) is 1.21. The fourth-order valence-electron chi connectivity index (χ4n) is 2.84. The van der Waals surface area contributed by atoms with E-state index < -0.39 is 0 Å². The monoisotopic (exact) mass is 382 g/mol. The summed E-state index contributed by atoms with van der Waals surface area (Å²) in [6, 6.07) is 12.8. The lowest BCUT2D eigenvalue weighted by atomic mass is 9.90. The second-order valence-electron chi connectivity index (χ2n) is 5.31. The lowest BCUT2D eigenvalue weighted by molar-refractivity contribution is 0.0200. The van der Waals surface area contributed by atoms with E-state index in [2.05, 4.69) is 75.2 Å². The van der Waals surface area contributed by atoms with Crippen molar-refractivity contribution >= 4 is 42.6 Å². The molecule has 0 aromatic heterocycles. The molecule has 100 valence electrons. The van der Waals surface area contributed by atoms with E-state index in [1.54, 1.807) is 0 Å². The van der Waals surface area contributed by atoms with Crippen molar-refractivity contribution < 1.29 is 4.74 Å². The highest BCUT2D eigenvalue weighted by Crippen LogP contribution is 2.45. The molecule has 2 atom stereocenters. The number of hydrogen-bond acceptors (Lipinski definition) is 1. The zero-order valence-corrected chi connectivity index (χ0v) is 14.0. The van der Waals surface area contributed by atoms with E-state index in [4.69, 9.17) is 4.74 Å². The number of rotatable bonds is 2. The number of fused-ring (bicyclic) bond motifs is 1. The number of halogens is 2. The molecule has 1 aliphatic heterocycles. The van der Waals surface area contributed by atoms with Gasteiger partial charge in [0.05, 0.1) is 10.4 Å². The quantitative estimate of drug-likeness (QED) is 0.612. The van der Waals surface area contributed by atoms with Crippen LogP contribution >= 0.6 is 31.9 Å². The molecule has 0 aliphatic carbocycles. The Hall–Kier alpha value is -0.380. The van der Waals surface area contributed by atoms with Gasteiger partial charge in [0.25, 0.3) is 0 Å². The number of benzene rings is 2. The van der Waals surface area contributed by atoms with Gasteiger partial charge in [0.2, 0.25) is 0 Å². The largest absolute Gasteiger partial charge is 0.374 e. The van der Waals surface area contributed by atoms with Crippen LogP contribution in [0.5, 0.6) is 0 Å². The van der Waals surface area contributed by atoms with E-state index in [-0.39, 0.29) is 10.4 Å². The maximum absolute atomic E-state index is 5.98. The first-order chi connectivity index (χ1) is 9.12. The van der Waals surface area contributed by atoms with Crippen LogP contribution in [0.15, 0.2) is 40.9 Å². The molecule has 2 aromatic carbocycles. The molecule has 2 aromatic rings. The van der Waals surface area contributed by atoms with Crippen LogP contribution in [0.25, 0.3) is 10.8 Å². The van der Waals surface area contributed by atoms with Crippen LogP contribution in [0.4, 0.5) is 0 Å². The molecule has 0 radical (unpaired) electrons. The first-order valence-electron chi connectivity index (χ1n) is 6.57. The van der Waals surface area contributed by atoms with Gasteiger partial charge in [-0.1, -0.05) is 62.2 Å². The third kappa shape index (κ3) is 2.37. The van der Waals surface area contributed by atoms with E-state index >= 15 is 0 Å². The maximum Gasteiger partial charge on any atom is 0.0820 e. The number of ether oxygens (including phenoxy) is 1. The van der Waals surface area contributed by atoms with Crippen LogP contribution in [-0.2, 0) is 4.74 Å². The first kappa shape index (κ1) is 13.6. The van der Waals surface area contributed by atoms with Crippen molar-refractivity contribution in [3.63, 3.8) is 0 Å². The second-order valence-corrected chi connectivity index (χ2v) is 7.08. The van der Waals surface area contributed by atoms with Crippen molar-refractivity contribution in [1.29, 1.82) is 0 Å². The predicted molar refractivity (Wildman–Crippen MR) is 86.9 cm³/mol. The summed E-state index contributed by atoms with van der Waals surface area (Å²) in [5.74, 6) is 0. The minimum Gasteiger partial charge on any atom is -0.374 e. The molecule has 1 heterocycles. The van der Waals surface area contributed by atoms with Gasteiger partial charge in [0, 0.05) is 11.1 Å². The van der Waals surface area contributed by atoms with Crippen LogP contribution in [0, 0.1) is 0 Å². The average molecular weight is 384 g/mol. The Morgan fingerprint density at radius 2 is 1.89 bits per heavy atom. The minimum absolute atomic E-state index is 0.101. The molecule has 1 fully saturated rings. The smallest absolute Gasteiger partial charge is 0.0820 e. The van der Waals surface area contributed by atoms with Crippen LogP contribution in [0.2, 0.25) is 0 Å². The van der Waals surface area contributed by atoms with Gasteiger partial charge in [-0.15, -0.1) is 0 Å². The third-order valence-electron chi connectivity index (χ3n) is 3.96. The molecule has 0 saturated carbocycles. The molecule has 1 aliphatic rings. The highest BCUT2D eigenvalue weighted by Gasteiger charge is 2.38. The van der Waals surface area contributed by atoms with Crippen molar-refractivity contribution in [3.05, 3.63) is 46.4 Å². The molecular formula is C16H16Br2O. The summed E-state index contributed by atoms with van der Waals surface area (Å²) in [6.07, 6.45) is 2.25. The third-order valence-corrected chi connectivity index (χ3v) is 6.12. The van der Waals surface area contributed by atoms with Crippen molar-refractivity contribution in [2.75, 3.05) is 6.61 Å². The first-order valence-corrected chi connectivity index (χ1v) is 8.28. The summed E-state index contributed by atoms with van der Waals surface area (Å²) in [5, 5.41) is 2.54. The minimum atomic E-state index is -0.101. The fraction of sp³-hybridized carbons (Fsp3) is 0.375. The molecule has 2 unspecified atom stereocenters. The zero-order chi connectivity index (χ0) is 13.5. The molecule has 0 amide bonds. The summed E-state index contributed by atoms with van der Waals surface area (Å²) >= 11 is 7.50. The van der Waals surface area contributed by atoms with Crippen LogP contribution in [-0.4, -0.2) is 12.2 Å². The molecular weight excluding hydrogens is 368 g/mol. The van der Waals surface area contributed by atoms with E-state index in [1.165, 1.54) is 16.3 Å². The number of hydrogen-bond donors (Lipinski definition) is 0. The Bertz CT molecular complexity index is 603. The SMILES string of the molecule is CC1(C(Br)c2ccc(Br)c3ccccc23)CCCO1. The molecule has 3 rings (SSSR count). The van der Waals surface area contributed by atoms with Crippen LogP contribution in [0.1, 0.15) is 30.2 Å². The number of alkyl halides is 1. The van der Waals surface area contributed by atoms with Gasteiger partial charge in [0.15, 0.2) is 0 Å². The Kier molecular flexibility index (Phi) is 3.71. The summed E-state index contributed by atoms with van der Waals surface area (Å²) < 4.78 is 7.12. The van der Waals surface area contributed by atoms with Crippen molar-refractivity contribution in [1.82, 2.24) is 0 Å². The standard InChI is InChI=1S/C16H16Br2O/c1-16(9-4-10-19-16)15(18)13-7-8-14(17)12-6-3-2-5-11(12)13/h2-3,5-8,15H,4,9-10H2,1H3. The Labute approximate surface area is 130 Å². The van der Waals surface area contributed by atoms with Gasteiger partial charge < -0.3 is 4.74 Å². The second kappa shape index (κ2) is 5.19. The fourth-order valence-corrected chi connectivity index (χ4v) is 4.07. The zero-order valence-electron chi connectivity index (χ0n) is 10.8. The topological polar surface area (TPSA) is 9.23 Å². The van der Waals surface area contributed by atoms with Gasteiger partial charge in [0.1, 0.15) is 0 Å². The van der Waals surface area contributed by atoms with Crippen molar-refractivity contribution in [3.8, 4) is 0 Å². The maximum atomic E-state index is 5.98. The van der Waals surface area contributed by atoms with Crippen LogP contribution in [0.3, 0.4) is 0 Å². The molecule has 0 N–H and O–H groups in total. The Morgan fingerprint density at radius 1 is 1.16 bits per heavy atom. The highest BCUT2D eigenvalue weighted by molar-refractivity contribution is 9.10.